The number of nitro groups is 1. The van der Waals surface area contributed by atoms with Gasteiger partial charge in [-0.25, -0.2) is 9.97 Å². The molecule has 21 heavy (non-hydrogen) atoms. The fourth-order valence-electron chi connectivity index (χ4n) is 1.80. The molecule has 0 saturated heterocycles. The maximum Gasteiger partial charge on any atom is 0.353 e. The van der Waals surface area contributed by atoms with E-state index in [1.807, 2.05) is 31.2 Å². The molecule has 0 amide bonds. The van der Waals surface area contributed by atoms with Crippen LogP contribution in [0.25, 0.3) is 0 Å². The molecule has 8 heteroatoms. The van der Waals surface area contributed by atoms with E-state index in [1.165, 1.54) is 6.33 Å². The summed E-state index contributed by atoms with van der Waals surface area (Å²) in [5, 5.41) is 17.1. The van der Waals surface area contributed by atoms with E-state index >= 15 is 0 Å². The maximum absolute atomic E-state index is 11.2. The molecule has 2 N–H and O–H groups in total. The van der Waals surface area contributed by atoms with Gasteiger partial charge in [0.1, 0.15) is 6.33 Å². The molecule has 2 aromatic rings. The lowest BCUT2D eigenvalue weighted by Crippen LogP contribution is -2.09. The van der Waals surface area contributed by atoms with Crippen LogP contribution in [0.3, 0.4) is 0 Å². The van der Waals surface area contributed by atoms with Crippen LogP contribution in [0.2, 0.25) is 0 Å². The van der Waals surface area contributed by atoms with Gasteiger partial charge in [-0.15, -0.1) is 0 Å². The largest absolute Gasteiger partial charge is 0.364 e. The molecule has 0 radical (unpaired) electrons. The summed E-state index contributed by atoms with van der Waals surface area (Å²) in [7, 11) is 0. The molecular formula is C13H14BrN5O2. The van der Waals surface area contributed by atoms with Crippen LogP contribution in [0.4, 0.5) is 17.3 Å². The third-order valence-corrected chi connectivity index (χ3v) is 3.53. The van der Waals surface area contributed by atoms with E-state index in [-0.39, 0.29) is 17.3 Å². The van der Waals surface area contributed by atoms with Gasteiger partial charge < -0.3 is 10.6 Å². The molecule has 0 bridgehead atoms. The molecule has 0 aliphatic heterocycles. The topological polar surface area (TPSA) is 93.0 Å². The molecule has 0 aliphatic rings. The lowest BCUT2D eigenvalue weighted by atomic mass is 10.2. The van der Waals surface area contributed by atoms with E-state index in [1.54, 1.807) is 0 Å². The SMILES string of the molecule is CCNc1ncnc(NCc2ccccc2Br)c1[N+](=O)[O-]. The predicted molar refractivity (Wildman–Crippen MR) is 84.3 cm³/mol. The first-order valence-corrected chi connectivity index (χ1v) is 7.13. The molecule has 0 fully saturated rings. The average Bonchev–Trinajstić information content (AvgIpc) is 2.46. The van der Waals surface area contributed by atoms with Gasteiger partial charge in [-0.1, -0.05) is 34.1 Å². The molecule has 2 rings (SSSR count). The van der Waals surface area contributed by atoms with Crippen molar-refractivity contribution in [1.29, 1.82) is 0 Å². The second-order valence-corrected chi connectivity index (χ2v) is 5.01. The Bertz CT molecular complexity index is 650. The van der Waals surface area contributed by atoms with Gasteiger partial charge >= 0.3 is 5.69 Å². The second-order valence-electron chi connectivity index (χ2n) is 4.15. The number of hydrogen-bond donors (Lipinski definition) is 2. The Hall–Kier alpha value is -2.22. The first kappa shape index (κ1) is 15.2. The summed E-state index contributed by atoms with van der Waals surface area (Å²) in [6.07, 6.45) is 1.30. The third-order valence-electron chi connectivity index (χ3n) is 2.75. The van der Waals surface area contributed by atoms with E-state index in [4.69, 9.17) is 0 Å². The van der Waals surface area contributed by atoms with Gasteiger partial charge in [-0.05, 0) is 18.6 Å². The van der Waals surface area contributed by atoms with Crippen molar-refractivity contribution in [3.05, 3.63) is 50.7 Å². The van der Waals surface area contributed by atoms with Crippen molar-refractivity contribution in [2.45, 2.75) is 13.5 Å². The van der Waals surface area contributed by atoms with Crippen LogP contribution in [0.5, 0.6) is 0 Å². The highest BCUT2D eigenvalue weighted by molar-refractivity contribution is 9.10. The number of anilines is 2. The van der Waals surface area contributed by atoms with Crippen molar-refractivity contribution in [2.24, 2.45) is 0 Å². The van der Waals surface area contributed by atoms with Crippen LogP contribution < -0.4 is 10.6 Å². The molecular weight excluding hydrogens is 338 g/mol. The molecule has 1 heterocycles. The lowest BCUT2D eigenvalue weighted by molar-refractivity contribution is -0.383. The summed E-state index contributed by atoms with van der Waals surface area (Å²) in [6, 6.07) is 7.65. The Morgan fingerprint density at radius 2 is 1.90 bits per heavy atom. The van der Waals surface area contributed by atoms with Gasteiger partial charge in [0.15, 0.2) is 0 Å². The quantitative estimate of drug-likeness (QED) is 0.613. The van der Waals surface area contributed by atoms with Gasteiger partial charge in [0.2, 0.25) is 11.6 Å². The first-order chi connectivity index (χ1) is 10.1. The summed E-state index contributed by atoms with van der Waals surface area (Å²) >= 11 is 3.44. The zero-order valence-electron chi connectivity index (χ0n) is 11.3. The predicted octanol–water partition coefficient (Wildman–Crippen LogP) is 3.19. The Morgan fingerprint density at radius 1 is 1.24 bits per heavy atom. The van der Waals surface area contributed by atoms with Gasteiger partial charge in [-0.3, -0.25) is 10.1 Å². The molecule has 0 unspecified atom stereocenters. The van der Waals surface area contributed by atoms with Crippen molar-refractivity contribution in [1.82, 2.24) is 9.97 Å². The fourth-order valence-corrected chi connectivity index (χ4v) is 2.22. The summed E-state index contributed by atoms with van der Waals surface area (Å²) in [5.41, 5.74) is 0.835. The number of rotatable bonds is 6. The van der Waals surface area contributed by atoms with Crippen LogP contribution in [-0.4, -0.2) is 21.4 Å². The van der Waals surface area contributed by atoms with Crippen molar-refractivity contribution < 1.29 is 4.92 Å². The Labute approximate surface area is 130 Å². The molecule has 1 aromatic carbocycles. The molecule has 0 spiro atoms. The molecule has 0 aliphatic carbocycles. The Kier molecular flexibility index (Phi) is 5.04. The van der Waals surface area contributed by atoms with Gasteiger partial charge in [0, 0.05) is 17.6 Å². The second kappa shape index (κ2) is 6.98. The van der Waals surface area contributed by atoms with Gasteiger partial charge in [0.25, 0.3) is 0 Å². The zero-order valence-corrected chi connectivity index (χ0v) is 12.9. The highest BCUT2D eigenvalue weighted by Crippen LogP contribution is 2.29. The van der Waals surface area contributed by atoms with Gasteiger partial charge in [-0.2, -0.15) is 0 Å². The number of halogens is 1. The minimum absolute atomic E-state index is 0.147. The minimum Gasteiger partial charge on any atom is -0.364 e. The molecule has 7 nitrogen and oxygen atoms in total. The zero-order chi connectivity index (χ0) is 15.2. The minimum atomic E-state index is -0.486. The fraction of sp³-hybridized carbons (Fsp3) is 0.231. The molecule has 1 aromatic heterocycles. The monoisotopic (exact) mass is 351 g/mol. The normalized spacial score (nSPS) is 10.2. The number of benzene rings is 1. The summed E-state index contributed by atoms with van der Waals surface area (Å²) in [4.78, 5) is 18.6. The van der Waals surface area contributed by atoms with E-state index in [9.17, 15) is 10.1 Å². The average molecular weight is 352 g/mol. The lowest BCUT2D eigenvalue weighted by Gasteiger charge is -2.10. The number of nitrogens with zero attached hydrogens (tertiary/aromatic N) is 3. The molecule has 110 valence electrons. The van der Waals surface area contributed by atoms with Crippen LogP contribution in [0, 0.1) is 10.1 Å². The summed E-state index contributed by atoms with van der Waals surface area (Å²) < 4.78 is 0.932. The molecule has 0 saturated carbocycles. The highest BCUT2D eigenvalue weighted by atomic mass is 79.9. The van der Waals surface area contributed by atoms with E-state index in [0.717, 1.165) is 10.0 Å². The number of nitrogens with one attached hydrogen (secondary N) is 2. The van der Waals surface area contributed by atoms with E-state index < -0.39 is 4.92 Å². The van der Waals surface area contributed by atoms with Crippen molar-refractivity contribution in [3.63, 3.8) is 0 Å². The van der Waals surface area contributed by atoms with Crippen molar-refractivity contribution >= 4 is 33.3 Å². The summed E-state index contributed by atoms with van der Waals surface area (Å²) in [5.74, 6) is 0.411. The van der Waals surface area contributed by atoms with Crippen molar-refractivity contribution in [2.75, 3.05) is 17.2 Å². The summed E-state index contributed by atoms with van der Waals surface area (Å²) in [6.45, 7) is 2.81. The van der Waals surface area contributed by atoms with E-state index in [2.05, 4.69) is 36.5 Å². The molecule has 0 atom stereocenters. The maximum atomic E-state index is 11.2. The third kappa shape index (κ3) is 3.66. The van der Waals surface area contributed by atoms with Crippen LogP contribution >= 0.6 is 15.9 Å². The Balaban J connectivity index is 2.25. The van der Waals surface area contributed by atoms with E-state index in [0.29, 0.717) is 13.1 Å². The van der Waals surface area contributed by atoms with Crippen LogP contribution in [0.1, 0.15) is 12.5 Å². The van der Waals surface area contributed by atoms with Crippen LogP contribution in [0.15, 0.2) is 35.1 Å². The van der Waals surface area contributed by atoms with Crippen molar-refractivity contribution in [3.8, 4) is 0 Å². The van der Waals surface area contributed by atoms with Gasteiger partial charge in [0.05, 0.1) is 4.92 Å². The number of aromatic nitrogens is 2. The van der Waals surface area contributed by atoms with Crippen LogP contribution in [-0.2, 0) is 6.54 Å². The highest BCUT2D eigenvalue weighted by Gasteiger charge is 2.22. The standard InChI is InChI=1S/C13H14BrN5O2/c1-2-15-12-11(19(20)21)13(18-8-17-12)16-7-9-5-3-4-6-10(9)14/h3-6,8H,2,7H2,1H3,(H2,15,16,17,18). The first-order valence-electron chi connectivity index (χ1n) is 6.34. The smallest absolute Gasteiger partial charge is 0.353 e. The Morgan fingerprint density at radius 3 is 2.52 bits per heavy atom. The number of hydrogen-bond acceptors (Lipinski definition) is 6.